The second-order valence-electron chi connectivity index (χ2n) is 6.20. The highest BCUT2D eigenvalue weighted by molar-refractivity contribution is 6.01. The van der Waals surface area contributed by atoms with E-state index in [1.54, 1.807) is 0 Å². The molecule has 1 aliphatic heterocycles. The zero-order valence-corrected chi connectivity index (χ0v) is 14.3. The van der Waals surface area contributed by atoms with Crippen LogP contribution in [-0.4, -0.2) is 55.3 Å². The van der Waals surface area contributed by atoms with Gasteiger partial charge in [-0.05, 0) is 23.8 Å². The number of nitrogens with one attached hydrogen (secondary N) is 1. The van der Waals surface area contributed by atoms with Crippen molar-refractivity contribution in [3.05, 3.63) is 35.4 Å². The van der Waals surface area contributed by atoms with Crippen LogP contribution in [0.3, 0.4) is 0 Å². The first-order valence-electron chi connectivity index (χ1n) is 8.08. The Morgan fingerprint density at radius 3 is 2.60 bits per heavy atom. The zero-order valence-electron chi connectivity index (χ0n) is 14.3. The molecule has 25 heavy (non-hydrogen) atoms. The summed E-state index contributed by atoms with van der Waals surface area (Å²) in [6, 6.07) is 9.35. The molecule has 3 unspecified atom stereocenters. The molecule has 0 spiro atoms. The van der Waals surface area contributed by atoms with E-state index in [2.05, 4.69) is 5.32 Å². The fraction of sp³-hybridized carbons (Fsp3) is 0.444. The minimum atomic E-state index is -1.04. The van der Waals surface area contributed by atoms with Gasteiger partial charge < -0.3 is 25.2 Å². The molecule has 0 aromatic heterocycles. The number of hydrogen-bond acceptors (Lipinski definition) is 6. The molecule has 134 valence electrons. The van der Waals surface area contributed by atoms with E-state index >= 15 is 0 Å². The highest BCUT2D eigenvalue weighted by atomic mass is 16.6. The molecule has 1 fully saturated rings. The van der Waals surface area contributed by atoms with Crippen LogP contribution in [0, 0.1) is 11.3 Å². The maximum Gasteiger partial charge on any atom is 0.262 e. The Bertz CT molecular complexity index is 654. The number of nitriles is 1. The maximum atomic E-state index is 12.2. The van der Waals surface area contributed by atoms with Crippen molar-refractivity contribution in [1.82, 2.24) is 5.32 Å². The molecular formula is C18H23N3O4. The van der Waals surface area contributed by atoms with Crippen LogP contribution < -0.4 is 10.2 Å². The van der Waals surface area contributed by atoms with E-state index in [0.717, 1.165) is 11.3 Å². The average molecular weight is 345 g/mol. The lowest BCUT2D eigenvalue weighted by Crippen LogP contribution is -2.42. The van der Waals surface area contributed by atoms with Crippen LogP contribution in [0.5, 0.6) is 0 Å². The summed E-state index contributed by atoms with van der Waals surface area (Å²) < 4.78 is 5.25. The number of carbonyl (C=O) groups is 1. The number of hydrogen-bond donors (Lipinski definition) is 3. The van der Waals surface area contributed by atoms with Crippen LogP contribution in [0.4, 0.5) is 5.69 Å². The van der Waals surface area contributed by atoms with Crippen molar-refractivity contribution >= 4 is 17.7 Å². The highest BCUT2D eigenvalue weighted by Gasteiger charge is 2.27. The number of rotatable bonds is 5. The van der Waals surface area contributed by atoms with E-state index in [-0.39, 0.29) is 18.5 Å². The van der Waals surface area contributed by atoms with Crippen LogP contribution in [0.1, 0.15) is 18.4 Å². The largest absolute Gasteiger partial charge is 0.393 e. The minimum Gasteiger partial charge on any atom is -0.393 e. The molecule has 7 heteroatoms. The van der Waals surface area contributed by atoms with E-state index in [1.165, 1.54) is 6.08 Å². The normalized spacial score (nSPS) is 23.6. The first-order chi connectivity index (χ1) is 11.9. The third kappa shape index (κ3) is 5.57. The Morgan fingerprint density at radius 1 is 1.36 bits per heavy atom. The van der Waals surface area contributed by atoms with Crippen molar-refractivity contribution in [3.63, 3.8) is 0 Å². The fourth-order valence-corrected chi connectivity index (χ4v) is 2.58. The molecule has 0 bridgehead atoms. The van der Waals surface area contributed by atoms with Crippen LogP contribution >= 0.6 is 0 Å². The summed E-state index contributed by atoms with van der Waals surface area (Å²) in [6.07, 6.45) is -0.174. The molecular weight excluding hydrogens is 322 g/mol. The number of carbonyl (C=O) groups excluding carboxylic acids is 1. The molecule has 3 atom stereocenters. The summed E-state index contributed by atoms with van der Waals surface area (Å²) in [5, 5.41) is 30.9. The lowest BCUT2D eigenvalue weighted by atomic mass is 10.0. The van der Waals surface area contributed by atoms with Gasteiger partial charge in [0.2, 0.25) is 0 Å². The number of amides is 1. The van der Waals surface area contributed by atoms with Crippen LogP contribution in [0.25, 0.3) is 6.08 Å². The second-order valence-corrected chi connectivity index (χ2v) is 6.20. The summed E-state index contributed by atoms with van der Waals surface area (Å²) in [4.78, 5) is 14.1. The number of aliphatic hydroxyl groups is 2. The molecule has 7 nitrogen and oxygen atoms in total. The van der Waals surface area contributed by atoms with E-state index < -0.39 is 24.4 Å². The smallest absolute Gasteiger partial charge is 0.262 e. The van der Waals surface area contributed by atoms with Crippen LogP contribution in [-0.2, 0) is 9.53 Å². The molecule has 3 N–H and O–H groups in total. The van der Waals surface area contributed by atoms with Gasteiger partial charge in [-0.2, -0.15) is 5.26 Å². The summed E-state index contributed by atoms with van der Waals surface area (Å²) in [5.41, 5.74) is 1.75. The number of aliphatic hydroxyl groups excluding tert-OH is 2. The topological polar surface area (TPSA) is 106 Å². The van der Waals surface area contributed by atoms with E-state index in [0.29, 0.717) is 6.42 Å². The lowest BCUT2D eigenvalue weighted by Gasteiger charge is -2.30. The Morgan fingerprint density at radius 2 is 2.04 bits per heavy atom. The molecule has 0 saturated carbocycles. The van der Waals surface area contributed by atoms with Crippen molar-refractivity contribution in [2.75, 3.05) is 25.5 Å². The third-order valence-electron chi connectivity index (χ3n) is 3.93. The van der Waals surface area contributed by atoms with Gasteiger partial charge in [0.1, 0.15) is 11.6 Å². The summed E-state index contributed by atoms with van der Waals surface area (Å²) in [6.45, 7) is 0.117. The number of anilines is 1. The Hall–Kier alpha value is -2.40. The van der Waals surface area contributed by atoms with Gasteiger partial charge in [-0.3, -0.25) is 4.79 Å². The quantitative estimate of drug-likeness (QED) is 0.534. The molecule has 0 aliphatic carbocycles. The van der Waals surface area contributed by atoms with Crippen molar-refractivity contribution < 1.29 is 19.7 Å². The van der Waals surface area contributed by atoms with Gasteiger partial charge in [0.05, 0.1) is 12.2 Å². The fourth-order valence-electron chi connectivity index (χ4n) is 2.58. The monoisotopic (exact) mass is 345 g/mol. The Labute approximate surface area is 147 Å². The average Bonchev–Trinajstić information content (AvgIpc) is 2.57. The zero-order chi connectivity index (χ0) is 18.4. The van der Waals surface area contributed by atoms with Crippen molar-refractivity contribution in [2.45, 2.75) is 31.3 Å². The molecule has 1 aromatic rings. The van der Waals surface area contributed by atoms with Gasteiger partial charge in [-0.25, -0.2) is 0 Å². The third-order valence-corrected chi connectivity index (χ3v) is 3.93. The summed E-state index contributed by atoms with van der Waals surface area (Å²) >= 11 is 0. The molecule has 1 aromatic carbocycles. The van der Waals surface area contributed by atoms with Gasteiger partial charge in [0, 0.05) is 39.2 Å². The highest BCUT2D eigenvalue weighted by Crippen LogP contribution is 2.18. The van der Waals surface area contributed by atoms with Gasteiger partial charge in [0.25, 0.3) is 5.91 Å². The summed E-state index contributed by atoms with van der Waals surface area (Å²) in [5.74, 6) is -0.516. The second kappa shape index (κ2) is 8.62. The standard InChI is InChI=1S/C18H23N3O4/c1-21(2)14-5-3-12(4-6-14)7-13(10-19)18(24)20-11-16-8-15(22)9-17(23)25-16/h3-7,15-17,22-23H,8-9,11H2,1-2H3,(H,20,24)/b13-7+. The van der Waals surface area contributed by atoms with E-state index in [4.69, 9.17) is 4.74 Å². The van der Waals surface area contributed by atoms with Gasteiger partial charge >= 0.3 is 0 Å². The number of ether oxygens (including phenoxy) is 1. The lowest BCUT2D eigenvalue weighted by molar-refractivity contribution is -0.187. The van der Waals surface area contributed by atoms with Gasteiger partial charge in [0.15, 0.2) is 6.29 Å². The summed E-state index contributed by atoms with van der Waals surface area (Å²) in [7, 11) is 3.86. The predicted octanol–water partition coefficient (Wildman–Crippen LogP) is 0.634. The van der Waals surface area contributed by atoms with Crippen molar-refractivity contribution in [2.24, 2.45) is 0 Å². The molecule has 1 aliphatic rings. The number of benzene rings is 1. The molecule has 2 rings (SSSR count). The molecule has 1 amide bonds. The van der Waals surface area contributed by atoms with Gasteiger partial charge in [-0.1, -0.05) is 12.1 Å². The van der Waals surface area contributed by atoms with Gasteiger partial charge in [-0.15, -0.1) is 0 Å². The van der Waals surface area contributed by atoms with Crippen LogP contribution in [0.2, 0.25) is 0 Å². The van der Waals surface area contributed by atoms with Crippen molar-refractivity contribution in [3.8, 4) is 6.07 Å². The Kier molecular flexibility index (Phi) is 6.53. The predicted molar refractivity (Wildman–Crippen MR) is 93.5 cm³/mol. The Balaban J connectivity index is 1.97. The maximum absolute atomic E-state index is 12.2. The molecule has 1 saturated heterocycles. The van der Waals surface area contributed by atoms with Crippen LogP contribution in [0.15, 0.2) is 29.8 Å². The number of nitrogens with zero attached hydrogens (tertiary/aromatic N) is 2. The SMILES string of the molecule is CN(C)c1ccc(/C=C(\C#N)C(=O)NCC2CC(O)CC(O)O2)cc1. The molecule has 0 radical (unpaired) electrons. The van der Waals surface area contributed by atoms with E-state index in [1.807, 2.05) is 49.3 Å². The molecule has 1 heterocycles. The van der Waals surface area contributed by atoms with Crippen molar-refractivity contribution in [1.29, 1.82) is 5.26 Å². The van der Waals surface area contributed by atoms with E-state index in [9.17, 15) is 20.3 Å². The first-order valence-corrected chi connectivity index (χ1v) is 8.08. The minimum absolute atomic E-state index is 0.0190. The first kappa shape index (κ1) is 18.9.